The second kappa shape index (κ2) is 10.8. The molecule has 192 valence electrons. The minimum atomic E-state index is -0.914. The maximum atomic E-state index is 13.1. The van der Waals surface area contributed by atoms with Crippen LogP contribution in [0.15, 0.2) is 48.7 Å². The molecule has 0 saturated heterocycles. The molecule has 2 atom stereocenters. The molecule has 4 rings (SSSR count). The SMILES string of the molecule is Cc1ccc(C)n1-c1ccc([C@@H](O)CN(C[C@H]2CCc3cc(I)ccc3O2)C(=O)OC(C)(C)C)cn1. The van der Waals surface area contributed by atoms with Crippen molar-refractivity contribution in [1.82, 2.24) is 14.5 Å². The molecule has 1 N–H and O–H groups in total. The zero-order chi connectivity index (χ0) is 26.0. The number of carbonyl (C=O) groups is 1. The molecule has 2 aromatic heterocycles. The van der Waals surface area contributed by atoms with Crippen molar-refractivity contribution in [3.63, 3.8) is 0 Å². The molecule has 36 heavy (non-hydrogen) atoms. The third-order valence-corrected chi connectivity index (χ3v) is 6.85. The molecule has 0 fully saturated rings. The van der Waals surface area contributed by atoms with Gasteiger partial charge in [0.2, 0.25) is 0 Å². The van der Waals surface area contributed by atoms with E-state index >= 15 is 0 Å². The molecule has 0 radical (unpaired) electrons. The van der Waals surface area contributed by atoms with Gasteiger partial charge in [-0.2, -0.15) is 0 Å². The summed E-state index contributed by atoms with van der Waals surface area (Å²) >= 11 is 2.30. The highest BCUT2D eigenvalue weighted by Crippen LogP contribution is 2.30. The number of aliphatic hydroxyl groups excluding tert-OH is 1. The van der Waals surface area contributed by atoms with Crippen LogP contribution in [0.5, 0.6) is 5.75 Å². The molecular formula is C28H34IN3O4. The van der Waals surface area contributed by atoms with Gasteiger partial charge < -0.3 is 24.0 Å². The predicted molar refractivity (Wildman–Crippen MR) is 148 cm³/mol. The lowest BCUT2D eigenvalue weighted by atomic mass is 10.0. The van der Waals surface area contributed by atoms with Gasteiger partial charge in [-0.15, -0.1) is 0 Å². The molecular weight excluding hydrogens is 569 g/mol. The topological polar surface area (TPSA) is 76.8 Å². The van der Waals surface area contributed by atoms with Crippen molar-refractivity contribution in [2.75, 3.05) is 13.1 Å². The first-order chi connectivity index (χ1) is 17.0. The molecule has 7 nitrogen and oxygen atoms in total. The number of pyridine rings is 1. The lowest BCUT2D eigenvalue weighted by Gasteiger charge is -2.33. The third kappa shape index (κ3) is 6.39. The van der Waals surface area contributed by atoms with Crippen LogP contribution in [0, 0.1) is 17.4 Å². The van der Waals surface area contributed by atoms with Gasteiger partial charge in [0.25, 0.3) is 0 Å². The first-order valence-corrected chi connectivity index (χ1v) is 13.3. The minimum Gasteiger partial charge on any atom is -0.488 e. The largest absolute Gasteiger partial charge is 0.488 e. The van der Waals surface area contributed by atoms with Crippen molar-refractivity contribution in [2.24, 2.45) is 0 Å². The molecule has 8 heteroatoms. The summed E-state index contributed by atoms with van der Waals surface area (Å²) in [5, 5.41) is 11.0. The first-order valence-electron chi connectivity index (χ1n) is 12.2. The fourth-order valence-corrected chi connectivity index (χ4v) is 4.96. The Morgan fingerprint density at radius 1 is 1.22 bits per heavy atom. The number of rotatable bonds is 6. The Morgan fingerprint density at radius 3 is 2.58 bits per heavy atom. The highest BCUT2D eigenvalue weighted by atomic mass is 127. The molecule has 3 heterocycles. The summed E-state index contributed by atoms with van der Waals surface area (Å²) in [7, 11) is 0. The summed E-state index contributed by atoms with van der Waals surface area (Å²) in [5.41, 5.74) is 3.36. The zero-order valence-corrected chi connectivity index (χ0v) is 23.7. The molecule has 0 bridgehead atoms. The fraction of sp³-hybridized carbons (Fsp3) is 0.429. The highest BCUT2D eigenvalue weighted by Gasteiger charge is 2.29. The first kappa shape index (κ1) is 26.5. The number of halogens is 1. The van der Waals surface area contributed by atoms with Crippen LogP contribution >= 0.6 is 22.6 Å². The Bertz CT molecular complexity index is 1200. The Labute approximate surface area is 226 Å². The highest BCUT2D eigenvalue weighted by molar-refractivity contribution is 14.1. The van der Waals surface area contributed by atoms with Crippen molar-refractivity contribution in [2.45, 2.75) is 65.3 Å². The Kier molecular flexibility index (Phi) is 7.94. The number of ether oxygens (including phenoxy) is 2. The van der Waals surface area contributed by atoms with Gasteiger partial charge in [0.1, 0.15) is 23.3 Å². The molecule has 0 saturated carbocycles. The summed E-state index contributed by atoms with van der Waals surface area (Å²) in [4.78, 5) is 19.2. The molecule has 1 aliphatic rings. The fourth-order valence-electron chi connectivity index (χ4n) is 4.41. The quantitative estimate of drug-likeness (QED) is 0.363. The van der Waals surface area contributed by atoms with E-state index in [9.17, 15) is 9.90 Å². The summed E-state index contributed by atoms with van der Waals surface area (Å²) < 4.78 is 15.1. The number of fused-ring (bicyclic) bond motifs is 1. The van der Waals surface area contributed by atoms with Crippen LogP contribution in [0.25, 0.3) is 5.82 Å². The molecule has 1 aliphatic heterocycles. The van der Waals surface area contributed by atoms with E-state index in [-0.39, 0.29) is 12.6 Å². The normalized spacial score (nSPS) is 16.1. The number of nitrogens with zero attached hydrogens (tertiary/aromatic N) is 3. The number of hydrogen-bond acceptors (Lipinski definition) is 5. The van der Waals surface area contributed by atoms with Gasteiger partial charge in [0.05, 0.1) is 19.2 Å². The van der Waals surface area contributed by atoms with Gasteiger partial charge in [-0.1, -0.05) is 6.07 Å². The average molecular weight is 604 g/mol. The van der Waals surface area contributed by atoms with Crippen LogP contribution in [-0.2, 0) is 11.2 Å². The minimum absolute atomic E-state index is 0.0803. The number of benzene rings is 1. The molecule has 1 amide bonds. The zero-order valence-electron chi connectivity index (χ0n) is 21.5. The second-order valence-corrected chi connectivity index (χ2v) is 11.6. The third-order valence-electron chi connectivity index (χ3n) is 6.18. The van der Waals surface area contributed by atoms with Gasteiger partial charge >= 0.3 is 6.09 Å². The van der Waals surface area contributed by atoms with E-state index in [1.807, 2.05) is 71.0 Å². The van der Waals surface area contributed by atoms with E-state index in [4.69, 9.17) is 9.47 Å². The van der Waals surface area contributed by atoms with Gasteiger partial charge in [0.15, 0.2) is 0 Å². The van der Waals surface area contributed by atoms with Crippen molar-refractivity contribution in [3.8, 4) is 11.6 Å². The van der Waals surface area contributed by atoms with Crippen molar-refractivity contribution >= 4 is 28.7 Å². The lowest BCUT2D eigenvalue weighted by Crippen LogP contribution is -2.45. The van der Waals surface area contributed by atoms with Gasteiger partial charge in [-0.25, -0.2) is 9.78 Å². The maximum Gasteiger partial charge on any atom is 0.410 e. The Morgan fingerprint density at radius 2 is 1.94 bits per heavy atom. The van der Waals surface area contributed by atoms with Crippen LogP contribution in [0.4, 0.5) is 4.79 Å². The van der Waals surface area contributed by atoms with Crippen LogP contribution in [-0.4, -0.2) is 50.4 Å². The monoisotopic (exact) mass is 603 g/mol. The van der Waals surface area contributed by atoms with Gasteiger partial charge in [-0.05, 0) is 112 Å². The molecule has 0 spiro atoms. The van der Waals surface area contributed by atoms with Gasteiger partial charge in [-0.3, -0.25) is 0 Å². The van der Waals surface area contributed by atoms with E-state index < -0.39 is 17.8 Å². The summed E-state index contributed by atoms with van der Waals surface area (Å²) in [6.45, 7) is 9.97. The predicted octanol–water partition coefficient (Wildman–Crippen LogP) is 5.76. The number of hydrogen-bond donors (Lipinski definition) is 1. The van der Waals surface area contributed by atoms with E-state index in [2.05, 4.69) is 38.2 Å². The summed E-state index contributed by atoms with van der Waals surface area (Å²) in [5.74, 6) is 1.64. The Balaban J connectivity index is 1.49. The number of carbonyl (C=O) groups excluding carboxylic acids is 1. The molecule has 1 aromatic carbocycles. The van der Waals surface area contributed by atoms with E-state index in [1.54, 1.807) is 11.1 Å². The number of amides is 1. The van der Waals surface area contributed by atoms with Gasteiger partial charge in [0, 0.05) is 26.7 Å². The van der Waals surface area contributed by atoms with E-state index in [1.165, 1.54) is 9.13 Å². The second-order valence-electron chi connectivity index (χ2n) is 10.3. The molecule has 3 aromatic rings. The van der Waals surface area contributed by atoms with Crippen LogP contribution in [0.2, 0.25) is 0 Å². The van der Waals surface area contributed by atoms with Crippen molar-refractivity contribution < 1.29 is 19.4 Å². The van der Waals surface area contributed by atoms with E-state index in [0.717, 1.165) is 35.8 Å². The molecule has 0 aliphatic carbocycles. The summed E-state index contributed by atoms with van der Waals surface area (Å²) in [6, 6.07) is 14.0. The lowest BCUT2D eigenvalue weighted by molar-refractivity contribution is 0.00364. The van der Waals surface area contributed by atoms with Crippen molar-refractivity contribution in [1.29, 1.82) is 0 Å². The van der Waals surface area contributed by atoms with Crippen LogP contribution in [0.1, 0.15) is 55.8 Å². The van der Waals surface area contributed by atoms with E-state index in [0.29, 0.717) is 12.1 Å². The number of aliphatic hydroxyl groups is 1. The smallest absolute Gasteiger partial charge is 0.410 e. The average Bonchev–Trinajstić information content (AvgIpc) is 3.15. The summed E-state index contributed by atoms with van der Waals surface area (Å²) in [6.07, 6.45) is 1.77. The van der Waals surface area contributed by atoms with Crippen LogP contribution in [0.3, 0.4) is 0 Å². The number of aromatic nitrogens is 2. The maximum absolute atomic E-state index is 13.1. The standard InChI is InChI=1S/C28H34IN3O4/c1-18-6-7-19(2)32(18)26-13-9-21(15-30-26)24(33)17-31(27(34)36-28(3,4)5)16-23-11-8-20-14-22(29)10-12-25(20)35-23/h6-7,9-10,12-15,23-24,33H,8,11,16-17H2,1-5H3/t23-,24+/m1/s1. The molecule has 0 unspecified atom stereocenters. The van der Waals surface area contributed by atoms with Crippen molar-refractivity contribution in [3.05, 3.63) is 74.7 Å². The van der Waals surface area contributed by atoms with Crippen LogP contribution < -0.4 is 4.74 Å². The Hall–Kier alpha value is -2.59. The number of aryl methyl sites for hydroxylation is 3.